The van der Waals surface area contributed by atoms with E-state index in [-0.39, 0.29) is 10.8 Å². The maximum Gasteiger partial charge on any atom is 0.321 e. The lowest BCUT2D eigenvalue weighted by atomic mass is 10.2. The smallest absolute Gasteiger partial charge is 0.321 e. The van der Waals surface area contributed by atoms with Gasteiger partial charge in [-0.1, -0.05) is 29.8 Å². The van der Waals surface area contributed by atoms with Gasteiger partial charge in [0, 0.05) is 5.69 Å². The molecule has 1 rings (SSSR count). The van der Waals surface area contributed by atoms with Crippen molar-refractivity contribution in [2.75, 3.05) is 7.11 Å². The Labute approximate surface area is 104 Å². The highest BCUT2D eigenvalue weighted by atomic mass is 79.9. The predicted molar refractivity (Wildman–Crippen MR) is 65.7 cm³/mol. The number of hydrogen-bond donors (Lipinski definition) is 0. The topological polar surface area (TPSA) is 44.1 Å². The van der Waals surface area contributed by atoms with Crippen LogP contribution >= 0.6 is 15.9 Å². The summed E-state index contributed by atoms with van der Waals surface area (Å²) in [6.45, 7) is 4.65. The van der Waals surface area contributed by atoms with Crippen LogP contribution in [0.2, 0.25) is 0 Å². The summed E-state index contributed by atoms with van der Waals surface area (Å²) < 4.78 is 6.53. The molecular formula is C11H17BrN2O2. The number of nitrogens with zero attached hydrogens (tertiary/aromatic N) is 2. The lowest BCUT2D eigenvalue weighted by Crippen LogP contribution is -2.23. The molecule has 0 fully saturated rings. The van der Waals surface area contributed by atoms with Crippen molar-refractivity contribution in [1.29, 1.82) is 0 Å². The Bertz CT molecular complexity index is 363. The summed E-state index contributed by atoms with van der Waals surface area (Å²) >= 11 is 3.30. The van der Waals surface area contributed by atoms with Crippen molar-refractivity contribution >= 4 is 21.9 Å². The number of aromatic nitrogens is 2. The van der Waals surface area contributed by atoms with Crippen LogP contribution in [-0.2, 0) is 28.9 Å². The number of ether oxygens (including phenoxy) is 1. The van der Waals surface area contributed by atoms with Gasteiger partial charge in [-0.3, -0.25) is 9.48 Å². The molecule has 1 aromatic rings. The van der Waals surface area contributed by atoms with E-state index in [1.807, 2.05) is 4.68 Å². The van der Waals surface area contributed by atoms with Crippen LogP contribution in [0, 0.1) is 0 Å². The first-order valence-corrected chi connectivity index (χ1v) is 6.31. The van der Waals surface area contributed by atoms with Crippen molar-refractivity contribution < 1.29 is 9.53 Å². The first-order chi connectivity index (χ1) is 7.62. The van der Waals surface area contributed by atoms with Crippen LogP contribution < -0.4 is 0 Å². The van der Waals surface area contributed by atoms with Crippen LogP contribution in [0.5, 0.6) is 0 Å². The van der Waals surface area contributed by atoms with E-state index in [9.17, 15) is 4.79 Å². The third kappa shape index (κ3) is 3.07. The van der Waals surface area contributed by atoms with Gasteiger partial charge in [-0.2, -0.15) is 5.10 Å². The summed E-state index contributed by atoms with van der Waals surface area (Å²) in [5, 5.41) is 4.44. The molecule has 0 radical (unpaired) electrons. The van der Waals surface area contributed by atoms with Gasteiger partial charge in [0.1, 0.15) is 4.83 Å². The monoisotopic (exact) mass is 288 g/mol. The second-order valence-electron chi connectivity index (χ2n) is 3.51. The normalized spacial score (nSPS) is 12.5. The Hall–Kier alpha value is -0.840. The summed E-state index contributed by atoms with van der Waals surface area (Å²) in [4.78, 5) is 10.9. The van der Waals surface area contributed by atoms with Crippen LogP contribution in [0.4, 0.5) is 0 Å². The predicted octanol–water partition coefficient (Wildman–Crippen LogP) is 1.94. The molecule has 1 aromatic heterocycles. The van der Waals surface area contributed by atoms with Crippen molar-refractivity contribution in [3.8, 4) is 0 Å². The average molecular weight is 289 g/mol. The molecule has 1 heterocycles. The fourth-order valence-electron chi connectivity index (χ4n) is 1.48. The molecule has 1 unspecified atom stereocenters. The highest BCUT2D eigenvalue weighted by molar-refractivity contribution is 9.10. The first-order valence-electron chi connectivity index (χ1n) is 5.39. The van der Waals surface area contributed by atoms with Crippen molar-refractivity contribution in [2.24, 2.45) is 0 Å². The minimum Gasteiger partial charge on any atom is -0.468 e. The molecule has 16 heavy (non-hydrogen) atoms. The summed E-state index contributed by atoms with van der Waals surface area (Å²) in [7, 11) is 1.39. The van der Waals surface area contributed by atoms with E-state index in [4.69, 9.17) is 0 Å². The molecule has 0 bridgehead atoms. The van der Waals surface area contributed by atoms with E-state index in [1.165, 1.54) is 7.11 Å². The SMILES string of the molecule is CCc1cc(CC)n(CC(Br)C(=O)OC)n1. The number of carbonyl (C=O) groups is 1. The Morgan fingerprint density at radius 3 is 2.75 bits per heavy atom. The zero-order valence-electron chi connectivity index (χ0n) is 9.86. The highest BCUT2D eigenvalue weighted by Crippen LogP contribution is 2.11. The quantitative estimate of drug-likeness (QED) is 0.614. The Morgan fingerprint density at radius 1 is 1.56 bits per heavy atom. The number of halogens is 1. The van der Waals surface area contributed by atoms with Gasteiger partial charge in [0.05, 0.1) is 19.3 Å². The maximum atomic E-state index is 11.3. The first kappa shape index (κ1) is 13.2. The third-order valence-corrected chi connectivity index (χ3v) is 3.09. The van der Waals surface area contributed by atoms with Crippen molar-refractivity contribution in [2.45, 2.75) is 38.1 Å². The minimum atomic E-state index is -0.340. The number of methoxy groups -OCH3 is 1. The van der Waals surface area contributed by atoms with E-state index in [0.29, 0.717) is 6.54 Å². The van der Waals surface area contributed by atoms with Crippen molar-refractivity contribution in [1.82, 2.24) is 9.78 Å². The van der Waals surface area contributed by atoms with Gasteiger partial charge in [-0.05, 0) is 18.9 Å². The Morgan fingerprint density at radius 2 is 2.25 bits per heavy atom. The summed E-state index contributed by atoms with van der Waals surface area (Å²) in [6.07, 6.45) is 1.82. The number of aryl methyl sites for hydroxylation is 2. The van der Waals surface area contributed by atoms with Gasteiger partial charge in [-0.25, -0.2) is 0 Å². The third-order valence-electron chi connectivity index (χ3n) is 2.43. The number of hydrogen-bond acceptors (Lipinski definition) is 3. The van der Waals surface area contributed by atoms with Gasteiger partial charge in [0.2, 0.25) is 0 Å². The van der Waals surface area contributed by atoms with E-state index in [2.05, 4.69) is 45.7 Å². The maximum absolute atomic E-state index is 11.3. The Kier molecular flexibility index (Phi) is 4.99. The van der Waals surface area contributed by atoms with Crippen LogP contribution in [0.25, 0.3) is 0 Å². The molecule has 0 aliphatic rings. The molecule has 0 amide bonds. The average Bonchev–Trinajstić information content (AvgIpc) is 2.70. The molecule has 4 nitrogen and oxygen atoms in total. The lowest BCUT2D eigenvalue weighted by Gasteiger charge is -2.09. The van der Waals surface area contributed by atoms with E-state index in [1.54, 1.807) is 0 Å². The molecule has 0 aromatic carbocycles. The highest BCUT2D eigenvalue weighted by Gasteiger charge is 2.17. The van der Waals surface area contributed by atoms with E-state index >= 15 is 0 Å². The van der Waals surface area contributed by atoms with Gasteiger partial charge in [-0.15, -0.1) is 0 Å². The summed E-state index contributed by atoms with van der Waals surface area (Å²) in [6, 6.07) is 2.08. The molecule has 0 saturated carbocycles. The van der Waals surface area contributed by atoms with Gasteiger partial charge in [0.25, 0.3) is 0 Å². The van der Waals surface area contributed by atoms with Gasteiger partial charge >= 0.3 is 5.97 Å². The van der Waals surface area contributed by atoms with Crippen molar-refractivity contribution in [3.05, 3.63) is 17.5 Å². The molecular weight excluding hydrogens is 272 g/mol. The van der Waals surface area contributed by atoms with Gasteiger partial charge in [0.15, 0.2) is 0 Å². The van der Waals surface area contributed by atoms with E-state index < -0.39 is 0 Å². The molecule has 0 aliphatic heterocycles. The fourth-order valence-corrected chi connectivity index (χ4v) is 1.95. The summed E-state index contributed by atoms with van der Waals surface area (Å²) in [5.74, 6) is -0.268. The molecule has 0 N–H and O–H groups in total. The number of esters is 1. The van der Waals surface area contributed by atoms with Crippen LogP contribution in [0.3, 0.4) is 0 Å². The number of rotatable bonds is 5. The minimum absolute atomic E-state index is 0.268. The standard InChI is InChI=1S/C11H17BrN2O2/c1-4-8-6-9(5-2)14(13-8)7-10(12)11(15)16-3/h6,10H,4-5,7H2,1-3H3. The molecule has 0 aliphatic carbocycles. The second kappa shape index (κ2) is 6.03. The van der Waals surface area contributed by atoms with Crippen LogP contribution in [0.15, 0.2) is 6.07 Å². The van der Waals surface area contributed by atoms with Gasteiger partial charge < -0.3 is 4.74 Å². The fraction of sp³-hybridized carbons (Fsp3) is 0.636. The van der Waals surface area contributed by atoms with Crippen LogP contribution in [0.1, 0.15) is 25.2 Å². The number of carbonyl (C=O) groups excluding carboxylic acids is 1. The van der Waals surface area contributed by atoms with Crippen molar-refractivity contribution in [3.63, 3.8) is 0 Å². The molecule has 5 heteroatoms. The molecule has 1 atom stereocenters. The molecule has 0 spiro atoms. The lowest BCUT2D eigenvalue weighted by molar-refractivity contribution is -0.140. The molecule has 90 valence electrons. The Balaban J connectivity index is 2.79. The summed E-state index contributed by atoms with van der Waals surface area (Å²) in [5.41, 5.74) is 2.20. The zero-order valence-corrected chi connectivity index (χ0v) is 11.5. The van der Waals surface area contributed by atoms with Crippen LogP contribution in [-0.4, -0.2) is 27.7 Å². The second-order valence-corrected chi connectivity index (χ2v) is 4.61. The largest absolute Gasteiger partial charge is 0.468 e. The zero-order chi connectivity index (χ0) is 12.1. The van der Waals surface area contributed by atoms with E-state index in [0.717, 1.165) is 24.2 Å². The molecule has 0 saturated heterocycles. The number of alkyl halides is 1.